The van der Waals surface area contributed by atoms with Crippen LogP contribution in [0.5, 0.6) is 0 Å². The van der Waals surface area contributed by atoms with E-state index in [1.807, 2.05) is 0 Å². The van der Waals surface area contributed by atoms with E-state index < -0.39 is 0 Å². The van der Waals surface area contributed by atoms with Gasteiger partial charge in [-0.25, -0.2) is 4.98 Å². The van der Waals surface area contributed by atoms with Crippen LogP contribution in [-0.4, -0.2) is 17.9 Å². The topological polar surface area (TPSA) is 55.1 Å². The van der Waals surface area contributed by atoms with Gasteiger partial charge in [0, 0.05) is 12.4 Å². The van der Waals surface area contributed by atoms with Crippen LogP contribution in [0.4, 0.5) is 0 Å². The highest BCUT2D eigenvalue weighted by molar-refractivity contribution is 6.33. The van der Waals surface area contributed by atoms with Crippen LogP contribution in [0.15, 0.2) is 22.8 Å². The maximum absolute atomic E-state index is 11.3. The fraction of sp³-hybridized carbons (Fsp3) is 0.111. The SMILES string of the molecule is CNC(=O)c1cc2ccoc2c(Cl)n1. The molecule has 0 unspecified atom stereocenters. The number of hydrogen-bond acceptors (Lipinski definition) is 3. The average molecular weight is 211 g/mol. The largest absolute Gasteiger partial charge is 0.461 e. The highest BCUT2D eigenvalue weighted by Gasteiger charge is 2.11. The Kier molecular flexibility index (Phi) is 2.13. The number of halogens is 1. The fourth-order valence-corrected chi connectivity index (χ4v) is 1.43. The molecule has 14 heavy (non-hydrogen) atoms. The molecule has 0 saturated heterocycles. The van der Waals surface area contributed by atoms with Gasteiger partial charge in [-0.15, -0.1) is 0 Å². The van der Waals surface area contributed by atoms with Gasteiger partial charge in [0.2, 0.25) is 0 Å². The van der Waals surface area contributed by atoms with Gasteiger partial charge in [0.25, 0.3) is 5.91 Å². The molecule has 4 nitrogen and oxygen atoms in total. The Morgan fingerprint density at radius 1 is 1.64 bits per heavy atom. The minimum absolute atomic E-state index is 0.200. The number of nitrogens with zero attached hydrogens (tertiary/aromatic N) is 1. The molecule has 5 heteroatoms. The molecule has 0 aliphatic carbocycles. The molecule has 1 amide bonds. The van der Waals surface area contributed by atoms with Crippen LogP contribution >= 0.6 is 11.6 Å². The number of carbonyl (C=O) groups excluding carboxylic acids is 1. The third-order valence-corrected chi connectivity index (χ3v) is 2.11. The summed E-state index contributed by atoms with van der Waals surface area (Å²) in [6, 6.07) is 3.36. The van der Waals surface area contributed by atoms with Crippen LogP contribution in [0, 0.1) is 0 Å². The monoisotopic (exact) mass is 210 g/mol. The molecule has 0 spiro atoms. The smallest absolute Gasteiger partial charge is 0.269 e. The minimum atomic E-state index is -0.269. The summed E-state index contributed by atoms with van der Waals surface area (Å²) in [4.78, 5) is 15.2. The summed E-state index contributed by atoms with van der Waals surface area (Å²) in [5, 5.41) is 3.44. The predicted molar refractivity (Wildman–Crippen MR) is 52.4 cm³/mol. The Balaban J connectivity index is 2.64. The first-order valence-electron chi connectivity index (χ1n) is 3.98. The molecule has 1 N–H and O–H groups in total. The molecule has 0 aromatic carbocycles. The second-order valence-electron chi connectivity index (χ2n) is 2.72. The first kappa shape index (κ1) is 9.02. The van der Waals surface area contributed by atoms with E-state index in [-0.39, 0.29) is 16.8 Å². The standard InChI is InChI=1S/C9H7ClN2O2/c1-11-9(13)6-4-5-2-3-14-7(5)8(10)12-6/h2-4H,1H3,(H,11,13). The van der Waals surface area contributed by atoms with Crippen molar-refractivity contribution in [2.45, 2.75) is 0 Å². The summed E-state index contributed by atoms with van der Waals surface area (Å²) in [7, 11) is 1.54. The third kappa shape index (κ3) is 1.33. The second kappa shape index (κ2) is 3.31. The minimum Gasteiger partial charge on any atom is -0.461 e. The molecule has 0 radical (unpaired) electrons. The first-order valence-corrected chi connectivity index (χ1v) is 4.36. The molecular formula is C9H7ClN2O2. The lowest BCUT2D eigenvalue weighted by Gasteiger charge is -1.99. The molecule has 72 valence electrons. The van der Waals surface area contributed by atoms with Crippen LogP contribution < -0.4 is 5.32 Å². The summed E-state index contributed by atoms with van der Waals surface area (Å²) in [5.41, 5.74) is 0.783. The van der Waals surface area contributed by atoms with E-state index in [0.717, 1.165) is 5.39 Å². The zero-order chi connectivity index (χ0) is 10.1. The molecule has 2 aromatic rings. The van der Waals surface area contributed by atoms with Crippen molar-refractivity contribution < 1.29 is 9.21 Å². The Morgan fingerprint density at radius 3 is 3.14 bits per heavy atom. The Hall–Kier alpha value is -1.55. The number of amides is 1. The molecular weight excluding hydrogens is 204 g/mol. The second-order valence-corrected chi connectivity index (χ2v) is 3.07. The van der Waals surface area contributed by atoms with Gasteiger partial charge in [0.15, 0.2) is 10.7 Å². The number of fused-ring (bicyclic) bond motifs is 1. The van der Waals surface area contributed by atoms with Crippen LogP contribution in [-0.2, 0) is 0 Å². The number of nitrogens with one attached hydrogen (secondary N) is 1. The van der Waals surface area contributed by atoms with E-state index in [1.165, 1.54) is 13.3 Å². The Bertz CT molecular complexity index is 493. The van der Waals surface area contributed by atoms with Gasteiger partial charge in [-0.2, -0.15) is 0 Å². The molecule has 0 aliphatic heterocycles. The fourth-order valence-electron chi connectivity index (χ4n) is 1.18. The highest BCUT2D eigenvalue weighted by Crippen LogP contribution is 2.23. The summed E-state index contributed by atoms with van der Waals surface area (Å²) in [6.45, 7) is 0. The van der Waals surface area contributed by atoms with Gasteiger partial charge in [-0.3, -0.25) is 4.79 Å². The van der Waals surface area contributed by atoms with E-state index >= 15 is 0 Å². The van der Waals surface area contributed by atoms with Crippen LogP contribution in [0.1, 0.15) is 10.5 Å². The number of hydrogen-bond donors (Lipinski definition) is 1. The first-order chi connectivity index (χ1) is 6.72. The van der Waals surface area contributed by atoms with Crippen molar-refractivity contribution in [3.05, 3.63) is 29.2 Å². The van der Waals surface area contributed by atoms with E-state index in [1.54, 1.807) is 12.1 Å². The summed E-state index contributed by atoms with van der Waals surface area (Å²) < 4.78 is 5.09. The van der Waals surface area contributed by atoms with Crippen molar-refractivity contribution in [2.75, 3.05) is 7.05 Å². The lowest BCUT2D eigenvalue weighted by molar-refractivity contribution is 0.0958. The molecule has 2 rings (SSSR count). The number of pyridine rings is 1. The number of aromatic nitrogens is 1. The Labute approximate surface area is 84.9 Å². The zero-order valence-electron chi connectivity index (χ0n) is 7.37. The van der Waals surface area contributed by atoms with E-state index in [0.29, 0.717) is 5.58 Å². The zero-order valence-corrected chi connectivity index (χ0v) is 8.13. The van der Waals surface area contributed by atoms with Crippen molar-refractivity contribution in [3.8, 4) is 0 Å². The van der Waals surface area contributed by atoms with Crippen molar-refractivity contribution >= 4 is 28.5 Å². The summed E-state index contributed by atoms with van der Waals surface area (Å²) >= 11 is 5.82. The van der Waals surface area contributed by atoms with Crippen LogP contribution in [0.2, 0.25) is 5.15 Å². The van der Waals surface area contributed by atoms with E-state index in [2.05, 4.69) is 10.3 Å². The highest BCUT2D eigenvalue weighted by atomic mass is 35.5. The molecule has 0 fully saturated rings. The maximum atomic E-state index is 11.3. The lowest BCUT2D eigenvalue weighted by Crippen LogP contribution is -2.19. The summed E-state index contributed by atoms with van der Waals surface area (Å²) in [5.74, 6) is -0.269. The normalized spacial score (nSPS) is 10.4. The molecule has 0 bridgehead atoms. The van der Waals surface area contributed by atoms with Gasteiger partial charge in [-0.1, -0.05) is 11.6 Å². The number of rotatable bonds is 1. The van der Waals surface area contributed by atoms with Crippen molar-refractivity contribution in [1.82, 2.24) is 10.3 Å². The average Bonchev–Trinajstić information content (AvgIpc) is 2.64. The summed E-state index contributed by atoms with van der Waals surface area (Å²) in [6.07, 6.45) is 1.51. The van der Waals surface area contributed by atoms with Crippen molar-refractivity contribution in [3.63, 3.8) is 0 Å². The van der Waals surface area contributed by atoms with E-state index in [4.69, 9.17) is 16.0 Å². The molecule has 0 aliphatic rings. The van der Waals surface area contributed by atoms with Gasteiger partial charge in [0.1, 0.15) is 5.69 Å². The molecule has 2 heterocycles. The predicted octanol–water partition coefficient (Wildman–Crippen LogP) is 1.84. The lowest BCUT2D eigenvalue weighted by atomic mass is 10.2. The Morgan fingerprint density at radius 2 is 2.43 bits per heavy atom. The quantitative estimate of drug-likeness (QED) is 0.731. The van der Waals surface area contributed by atoms with Gasteiger partial charge >= 0.3 is 0 Å². The van der Waals surface area contributed by atoms with Crippen molar-refractivity contribution in [2.24, 2.45) is 0 Å². The van der Waals surface area contributed by atoms with Gasteiger partial charge < -0.3 is 9.73 Å². The molecule has 0 saturated carbocycles. The molecule has 2 aromatic heterocycles. The van der Waals surface area contributed by atoms with Gasteiger partial charge in [-0.05, 0) is 12.1 Å². The van der Waals surface area contributed by atoms with E-state index in [9.17, 15) is 4.79 Å². The third-order valence-electron chi connectivity index (χ3n) is 1.85. The maximum Gasteiger partial charge on any atom is 0.269 e. The van der Waals surface area contributed by atoms with Gasteiger partial charge in [0.05, 0.1) is 6.26 Å². The van der Waals surface area contributed by atoms with Crippen molar-refractivity contribution in [1.29, 1.82) is 0 Å². The van der Waals surface area contributed by atoms with Crippen LogP contribution in [0.25, 0.3) is 11.0 Å². The number of carbonyl (C=O) groups is 1. The molecule has 0 atom stereocenters. The van der Waals surface area contributed by atoms with Crippen LogP contribution in [0.3, 0.4) is 0 Å². The number of furan rings is 1.